The van der Waals surface area contributed by atoms with Crippen molar-refractivity contribution in [2.75, 3.05) is 0 Å². The Morgan fingerprint density at radius 2 is 1.93 bits per heavy atom. The van der Waals surface area contributed by atoms with E-state index in [-0.39, 0.29) is 0 Å². The number of hydrogen-bond donors (Lipinski definition) is 1. The van der Waals surface area contributed by atoms with Crippen molar-refractivity contribution in [3.63, 3.8) is 0 Å². The lowest BCUT2D eigenvalue weighted by atomic mass is 10.1. The third kappa shape index (κ3) is 2.56. The minimum Gasteiger partial charge on any atom is -0.213 e. The van der Waals surface area contributed by atoms with Crippen molar-refractivity contribution in [2.24, 2.45) is 0 Å². The molecule has 2 rings (SSSR count). The highest BCUT2D eigenvalue weighted by atomic mass is 32.2. The summed E-state index contributed by atoms with van der Waals surface area (Å²) in [4.78, 5) is 4.20. The van der Waals surface area contributed by atoms with Gasteiger partial charge in [-0.2, -0.15) is 4.37 Å². The van der Waals surface area contributed by atoms with Crippen LogP contribution in [0.5, 0.6) is 0 Å². The highest BCUT2D eigenvalue weighted by Gasteiger charge is 2.00. The molecule has 1 aromatic heterocycles. The van der Waals surface area contributed by atoms with Gasteiger partial charge in [0.2, 0.25) is 0 Å². The average Bonchev–Trinajstić information content (AvgIpc) is 2.63. The smallest absolute Gasteiger partial charge is 0.167 e. The molecule has 0 atom stereocenters. The quantitative estimate of drug-likeness (QED) is 0.808. The Morgan fingerprint density at radius 1 is 1.14 bits per heavy atom. The van der Waals surface area contributed by atoms with Crippen LogP contribution in [0.2, 0.25) is 0 Å². The number of nitrogens with zero attached hydrogens (tertiary/aromatic N) is 2. The molecule has 0 spiro atoms. The van der Waals surface area contributed by atoms with Crippen LogP contribution >= 0.6 is 24.2 Å². The summed E-state index contributed by atoms with van der Waals surface area (Å²) < 4.78 is 4.93. The summed E-state index contributed by atoms with van der Waals surface area (Å²) in [5.74, 6) is 0.892. The molecule has 0 saturated heterocycles. The van der Waals surface area contributed by atoms with Gasteiger partial charge in [-0.15, -0.1) is 12.6 Å². The van der Waals surface area contributed by atoms with Crippen LogP contribution < -0.4 is 0 Å². The fraction of sp³-hybridized carbons (Fsp3) is 0.200. The van der Waals surface area contributed by atoms with Gasteiger partial charge < -0.3 is 0 Å². The van der Waals surface area contributed by atoms with E-state index in [9.17, 15) is 0 Å². The zero-order valence-electron chi connectivity index (χ0n) is 7.55. The van der Waals surface area contributed by atoms with E-state index < -0.39 is 0 Å². The number of aromatic nitrogens is 2. The van der Waals surface area contributed by atoms with Crippen molar-refractivity contribution >= 4 is 24.2 Å². The SMILES string of the molecule is Sc1nc(CCc2ccccc2)ns1. The van der Waals surface area contributed by atoms with E-state index in [2.05, 4.69) is 34.1 Å². The fourth-order valence-electron chi connectivity index (χ4n) is 1.25. The van der Waals surface area contributed by atoms with Gasteiger partial charge in [0.05, 0.1) is 0 Å². The van der Waals surface area contributed by atoms with Gasteiger partial charge in [0.1, 0.15) is 5.82 Å². The Kier molecular flexibility index (Phi) is 3.16. The van der Waals surface area contributed by atoms with Gasteiger partial charge in [-0.25, -0.2) is 4.98 Å². The van der Waals surface area contributed by atoms with Crippen molar-refractivity contribution in [3.8, 4) is 0 Å². The Labute approximate surface area is 92.6 Å². The van der Waals surface area contributed by atoms with Gasteiger partial charge >= 0.3 is 0 Å². The molecule has 1 heterocycles. The molecular weight excluding hydrogens is 212 g/mol. The number of thiol groups is 1. The maximum absolute atomic E-state index is 4.20. The van der Waals surface area contributed by atoms with Crippen molar-refractivity contribution in [3.05, 3.63) is 41.7 Å². The first-order valence-corrected chi connectivity index (χ1v) is 5.62. The molecule has 2 nitrogen and oxygen atoms in total. The summed E-state index contributed by atoms with van der Waals surface area (Å²) in [6, 6.07) is 10.4. The molecular formula is C10H10N2S2. The number of rotatable bonds is 3. The van der Waals surface area contributed by atoms with Crippen molar-refractivity contribution in [2.45, 2.75) is 17.2 Å². The lowest BCUT2D eigenvalue weighted by Crippen LogP contribution is -1.92. The molecule has 0 aliphatic rings. The minimum atomic E-state index is 0.744. The van der Waals surface area contributed by atoms with Gasteiger partial charge in [0.25, 0.3) is 0 Å². The van der Waals surface area contributed by atoms with E-state index in [1.54, 1.807) is 0 Å². The molecule has 0 amide bonds. The highest BCUT2D eigenvalue weighted by molar-refractivity contribution is 7.82. The summed E-state index contributed by atoms with van der Waals surface area (Å²) in [6.07, 6.45) is 1.88. The predicted octanol–water partition coefficient (Wildman–Crippen LogP) is 2.61. The maximum Gasteiger partial charge on any atom is 0.167 e. The van der Waals surface area contributed by atoms with Crippen LogP contribution in [0.3, 0.4) is 0 Å². The number of aryl methyl sites for hydroxylation is 2. The molecule has 0 N–H and O–H groups in total. The standard InChI is InChI=1S/C10H10N2S2/c13-10-11-9(12-14-10)7-6-8-4-2-1-3-5-8/h1-5H,6-7H2,(H,11,12,13). The first-order valence-electron chi connectivity index (χ1n) is 4.40. The molecule has 2 aromatic rings. The lowest BCUT2D eigenvalue weighted by Gasteiger charge is -1.96. The van der Waals surface area contributed by atoms with Crippen LogP contribution in [0.15, 0.2) is 34.7 Å². The second kappa shape index (κ2) is 4.57. The van der Waals surface area contributed by atoms with Gasteiger partial charge in [-0.3, -0.25) is 0 Å². The Morgan fingerprint density at radius 3 is 2.57 bits per heavy atom. The second-order valence-corrected chi connectivity index (χ2v) is 4.46. The molecule has 0 fully saturated rings. The minimum absolute atomic E-state index is 0.744. The highest BCUT2D eigenvalue weighted by Crippen LogP contribution is 2.10. The topological polar surface area (TPSA) is 25.8 Å². The van der Waals surface area contributed by atoms with Gasteiger partial charge in [-0.1, -0.05) is 30.3 Å². The monoisotopic (exact) mass is 222 g/mol. The number of hydrogen-bond acceptors (Lipinski definition) is 4. The largest absolute Gasteiger partial charge is 0.213 e. The van der Waals surface area contributed by atoms with E-state index >= 15 is 0 Å². The number of benzene rings is 1. The molecule has 0 bridgehead atoms. The molecule has 4 heteroatoms. The molecule has 14 heavy (non-hydrogen) atoms. The van der Waals surface area contributed by atoms with Crippen LogP contribution in [0.4, 0.5) is 0 Å². The van der Waals surface area contributed by atoms with E-state index in [1.807, 2.05) is 18.2 Å². The summed E-state index contributed by atoms with van der Waals surface area (Å²) in [6.45, 7) is 0. The normalized spacial score (nSPS) is 10.4. The third-order valence-corrected chi connectivity index (χ3v) is 2.84. The molecule has 72 valence electrons. The molecule has 0 unspecified atom stereocenters. The van der Waals surface area contributed by atoms with E-state index in [0.717, 1.165) is 23.0 Å². The summed E-state index contributed by atoms with van der Waals surface area (Å²) >= 11 is 5.47. The first kappa shape index (κ1) is 9.68. The van der Waals surface area contributed by atoms with E-state index in [0.29, 0.717) is 0 Å². The fourth-order valence-corrected chi connectivity index (χ4v) is 1.95. The summed E-state index contributed by atoms with van der Waals surface area (Å²) in [5, 5.41) is 0. The second-order valence-electron chi connectivity index (χ2n) is 2.98. The van der Waals surface area contributed by atoms with Crippen molar-refractivity contribution < 1.29 is 0 Å². The van der Waals surface area contributed by atoms with Crippen LogP contribution in [0, 0.1) is 0 Å². The van der Waals surface area contributed by atoms with Gasteiger partial charge in [0.15, 0.2) is 4.34 Å². The van der Waals surface area contributed by atoms with Gasteiger partial charge in [0, 0.05) is 6.42 Å². The van der Waals surface area contributed by atoms with Crippen molar-refractivity contribution in [1.82, 2.24) is 9.36 Å². The zero-order chi connectivity index (χ0) is 9.80. The average molecular weight is 222 g/mol. The molecule has 1 aromatic carbocycles. The van der Waals surface area contributed by atoms with E-state index in [4.69, 9.17) is 0 Å². The van der Waals surface area contributed by atoms with E-state index in [1.165, 1.54) is 17.1 Å². The van der Waals surface area contributed by atoms with Crippen LogP contribution in [0.1, 0.15) is 11.4 Å². The first-order chi connectivity index (χ1) is 6.84. The van der Waals surface area contributed by atoms with Crippen molar-refractivity contribution in [1.29, 1.82) is 0 Å². The van der Waals surface area contributed by atoms with Crippen LogP contribution in [0.25, 0.3) is 0 Å². The Balaban J connectivity index is 1.95. The van der Waals surface area contributed by atoms with Crippen LogP contribution in [-0.4, -0.2) is 9.36 Å². The Bertz CT molecular complexity index is 398. The molecule has 0 saturated carbocycles. The summed E-state index contributed by atoms with van der Waals surface area (Å²) in [7, 11) is 0. The maximum atomic E-state index is 4.20. The van der Waals surface area contributed by atoms with Gasteiger partial charge in [-0.05, 0) is 23.5 Å². The summed E-state index contributed by atoms with van der Waals surface area (Å²) in [5.41, 5.74) is 1.32. The van der Waals surface area contributed by atoms with Crippen LogP contribution in [-0.2, 0) is 12.8 Å². The molecule has 0 aliphatic carbocycles. The zero-order valence-corrected chi connectivity index (χ0v) is 9.26. The lowest BCUT2D eigenvalue weighted by molar-refractivity contribution is 0.877. The third-order valence-electron chi connectivity index (χ3n) is 1.94. The molecule has 0 radical (unpaired) electrons. The Hall–Kier alpha value is -0.870. The predicted molar refractivity (Wildman–Crippen MR) is 61.0 cm³/mol. The molecule has 0 aliphatic heterocycles.